The van der Waals surface area contributed by atoms with Crippen LogP contribution >= 0.6 is 11.3 Å². The van der Waals surface area contributed by atoms with Crippen molar-refractivity contribution in [1.29, 1.82) is 0 Å². The normalized spacial score (nSPS) is 18.0. The third-order valence-corrected chi connectivity index (χ3v) is 4.77. The molecule has 1 atom stereocenters. The number of amides is 1. The zero-order chi connectivity index (χ0) is 16.4. The highest BCUT2D eigenvalue weighted by Crippen LogP contribution is 2.23. The molecule has 3 heterocycles. The summed E-state index contributed by atoms with van der Waals surface area (Å²) < 4.78 is 0. The molecule has 1 aliphatic rings. The van der Waals surface area contributed by atoms with Gasteiger partial charge in [0.25, 0.3) is 0 Å². The van der Waals surface area contributed by atoms with E-state index in [9.17, 15) is 4.79 Å². The molecule has 1 amide bonds. The quantitative estimate of drug-likeness (QED) is 0.936. The minimum Gasteiger partial charge on any atom is -0.340 e. The van der Waals surface area contributed by atoms with Gasteiger partial charge >= 0.3 is 0 Å². The topological polar surface area (TPSA) is 71.0 Å². The van der Waals surface area contributed by atoms with Crippen LogP contribution in [0.25, 0.3) is 0 Å². The molecule has 0 spiro atoms. The molecule has 3 rings (SSSR count). The number of hydrogen-bond donors (Lipinski definition) is 1. The lowest BCUT2D eigenvalue weighted by atomic mass is 9.97. The summed E-state index contributed by atoms with van der Waals surface area (Å²) in [6.45, 7) is 7.41. The fourth-order valence-electron chi connectivity index (χ4n) is 2.84. The van der Waals surface area contributed by atoms with Crippen molar-refractivity contribution in [3.05, 3.63) is 28.5 Å². The monoisotopic (exact) mass is 331 g/mol. The lowest BCUT2D eigenvalue weighted by Gasteiger charge is -2.32. The molecule has 0 saturated carbocycles. The van der Waals surface area contributed by atoms with Gasteiger partial charge in [-0.3, -0.25) is 4.79 Å². The number of nitrogens with one attached hydrogen (secondary N) is 1. The molecule has 0 aromatic carbocycles. The first-order chi connectivity index (χ1) is 11.0. The van der Waals surface area contributed by atoms with Gasteiger partial charge in [-0.25, -0.2) is 15.0 Å². The summed E-state index contributed by atoms with van der Waals surface area (Å²) in [7, 11) is 0. The van der Waals surface area contributed by atoms with Crippen LogP contribution in [0.5, 0.6) is 0 Å². The second-order valence-electron chi connectivity index (χ2n) is 6.02. The third kappa shape index (κ3) is 3.85. The van der Waals surface area contributed by atoms with Gasteiger partial charge in [0.1, 0.15) is 0 Å². The molecule has 0 radical (unpaired) electrons. The second kappa shape index (κ2) is 6.62. The predicted molar refractivity (Wildman–Crippen MR) is 91.9 cm³/mol. The van der Waals surface area contributed by atoms with Gasteiger partial charge in [0, 0.05) is 29.9 Å². The van der Waals surface area contributed by atoms with E-state index in [1.807, 2.05) is 32.2 Å². The summed E-state index contributed by atoms with van der Waals surface area (Å²) in [4.78, 5) is 27.9. The Bertz CT molecular complexity index is 694. The average molecular weight is 331 g/mol. The number of piperidine rings is 1. The van der Waals surface area contributed by atoms with E-state index in [0.717, 1.165) is 42.4 Å². The summed E-state index contributed by atoms with van der Waals surface area (Å²) >= 11 is 1.46. The van der Waals surface area contributed by atoms with Crippen LogP contribution in [0, 0.1) is 26.7 Å². The van der Waals surface area contributed by atoms with E-state index < -0.39 is 0 Å². The van der Waals surface area contributed by atoms with E-state index in [4.69, 9.17) is 0 Å². The Morgan fingerprint density at radius 2 is 1.96 bits per heavy atom. The van der Waals surface area contributed by atoms with Gasteiger partial charge in [-0.05, 0) is 39.7 Å². The van der Waals surface area contributed by atoms with Gasteiger partial charge in [-0.15, -0.1) is 11.3 Å². The van der Waals surface area contributed by atoms with Crippen LogP contribution in [0.4, 0.5) is 11.1 Å². The van der Waals surface area contributed by atoms with Gasteiger partial charge in [0.2, 0.25) is 11.9 Å². The Balaban J connectivity index is 1.69. The van der Waals surface area contributed by atoms with Crippen LogP contribution in [0.15, 0.2) is 11.4 Å². The van der Waals surface area contributed by atoms with E-state index in [0.29, 0.717) is 11.7 Å². The van der Waals surface area contributed by atoms with E-state index in [1.54, 1.807) is 0 Å². The number of carbonyl (C=O) groups excluding carboxylic acids is 1. The van der Waals surface area contributed by atoms with Crippen LogP contribution in [0.3, 0.4) is 0 Å². The van der Waals surface area contributed by atoms with E-state index in [-0.39, 0.29) is 11.8 Å². The maximum absolute atomic E-state index is 12.5. The molecular weight excluding hydrogens is 310 g/mol. The summed E-state index contributed by atoms with van der Waals surface area (Å²) in [6.07, 6.45) is 1.85. The van der Waals surface area contributed by atoms with Crippen molar-refractivity contribution in [1.82, 2.24) is 15.0 Å². The predicted octanol–water partition coefficient (Wildman–Crippen LogP) is 2.71. The van der Waals surface area contributed by atoms with Crippen molar-refractivity contribution in [2.24, 2.45) is 5.92 Å². The molecule has 1 fully saturated rings. The van der Waals surface area contributed by atoms with Crippen molar-refractivity contribution in [2.45, 2.75) is 33.6 Å². The van der Waals surface area contributed by atoms with Gasteiger partial charge in [-0.1, -0.05) is 0 Å². The molecule has 1 saturated heterocycles. The van der Waals surface area contributed by atoms with E-state index in [2.05, 4.69) is 25.2 Å². The molecule has 0 bridgehead atoms. The Kier molecular flexibility index (Phi) is 4.56. The number of aromatic nitrogens is 3. The van der Waals surface area contributed by atoms with Crippen molar-refractivity contribution in [3.8, 4) is 0 Å². The molecule has 23 heavy (non-hydrogen) atoms. The Labute approximate surface area is 140 Å². The SMILES string of the molecule is Cc1cc(C)nc(N2CCC[C@H](C(=O)Nc3nc(C)cs3)C2)n1. The number of carbonyl (C=O) groups is 1. The first kappa shape index (κ1) is 15.9. The number of rotatable bonds is 3. The van der Waals surface area contributed by atoms with E-state index >= 15 is 0 Å². The highest BCUT2D eigenvalue weighted by Gasteiger charge is 2.27. The molecule has 0 aliphatic carbocycles. The lowest BCUT2D eigenvalue weighted by molar-refractivity contribution is -0.120. The second-order valence-corrected chi connectivity index (χ2v) is 6.88. The molecule has 0 unspecified atom stereocenters. The summed E-state index contributed by atoms with van der Waals surface area (Å²) in [5, 5.41) is 5.54. The number of hydrogen-bond acceptors (Lipinski definition) is 6. The number of thiazole rings is 1. The van der Waals surface area contributed by atoms with Gasteiger partial charge in [-0.2, -0.15) is 0 Å². The summed E-state index contributed by atoms with van der Waals surface area (Å²) in [5.74, 6) is 0.705. The van der Waals surface area contributed by atoms with Crippen molar-refractivity contribution < 1.29 is 4.79 Å². The molecular formula is C16H21N5OS. The minimum absolute atomic E-state index is 0.0356. The summed E-state index contributed by atoms with van der Waals surface area (Å²) in [5.41, 5.74) is 2.84. The van der Waals surface area contributed by atoms with Gasteiger partial charge < -0.3 is 10.2 Å². The lowest BCUT2D eigenvalue weighted by Crippen LogP contribution is -2.41. The van der Waals surface area contributed by atoms with Gasteiger partial charge in [0.05, 0.1) is 11.6 Å². The smallest absolute Gasteiger partial charge is 0.231 e. The maximum Gasteiger partial charge on any atom is 0.231 e. The first-order valence-corrected chi connectivity index (χ1v) is 8.69. The Morgan fingerprint density at radius 3 is 2.61 bits per heavy atom. The molecule has 7 heteroatoms. The molecule has 1 N–H and O–H groups in total. The van der Waals surface area contributed by atoms with Crippen molar-refractivity contribution >= 4 is 28.3 Å². The van der Waals surface area contributed by atoms with Crippen LogP contribution < -0.4 is 10.2 Å². The first-order valence-electron chi connectivity index (χ1n) is 7.81. The largest absolute Gasteiger partial charge is 0.340 e. The maximum atomic E-state index is 12.5. The Hall–Kier alpha value is -2.02. The van der Waals surface area contributed by atoms with Crippen molar-refractivity contribution in [3.63, 3.8) is 0 Å². The molecule has 1 aliphatic heterocycles. The third-order valence-electron chi connectivity index (χ3n) is 3.89. The highest BCUT2D eigenvalue weighted by atomic mass is 32.1. The highest BCUT2D eigenvalue weighted by molar-refractivity contribution is 7.13. The number of anilines is 2. The molecule has 2 aromatic heterocycles. The van der Waals surface area contributed by atoms with Crippen molar-refractivity contribution in [2.75, 3.05) is 23.3 Å². The zero-order valence-electron chi connectivity index (χ0n) is 13.7. The minimum atomic E-state index is -0.0580. The number of aryl methyl sites for hydroxylation is 3. The van der Waals surface area contributed by atoms with Crippen LogP contribution in [-0.2, 0) is 4.79 Å². The standard InChI is InChI=1S/C16H21N5OS/c1-10-7-11(2)18-15(17-10)21-6-4-5-13(8-21)14(22)20-16-19-12(3)9-23-16/h7,9,13H,4-6,8H2,1-3H3,(H,19,20,22)/t13-/m0/s1. The number of nitrogens with zero attached hydrogens (tertiary/aromatic N) is 4. The fraction of sp³-hybridized carbons (Fsp3) is 0.500. The molecule has 6 nitrogen and oxygen atoms in total. The van der Waals surface area contributed by atoms with Gasteiger partial charge in [0.15, 0.2) is 5.13 Å². The van der Waals surface area contributed by atoms with E-state index in [1.165, 1.54) is 11.3 Å². The van der Waals surface area contributed by atoms with Crippen LogP contribution in [0.2, 0.25) is 0 Å². The molecule has 122 valence electrons. The van der Waals surface area contributed by atoms with Crippen LogP contribution in [0.1, 0.15) is 29.9 Å². The molecule has 2 aromatic rings. The zero-order valence-corrected chi connectivity index (χ0v) is 14.5. The fourth-order valence-corrected chi connectivity index (χ4v) is 3.53. The summed E-state index contributed by atoms with van der Waals surface area (Å²) in [6, 6.07) is 1.96. The Morgan fingerprint density at radius 1 is 1.22 bits per heavy atom. The van der Waals surface area contributed by atoms with Crippen LogP contribution in [-0.4, -0.2) is 33.9 Å². The average Bonchev–Trinajstić information content (AvgIpc) is 2.91.